The van der Waals surface area contributed by atoms with E-state index in [1.54, 1.807) is 0 Å². The van der Waals surface area contributed by atoms with Crippen LogP contribution in [0.2, 0.25) is 0 Å². The van der Waals surface area contributed by atoms with E-state index in [1.807, 2.05) is 29.1 Å². The Balaban J connectivity index is 1.90. The van der Waals surface area contributed by atoms with Gasteiger partial charge in [0.15, 0.2) is 0 Å². The highest BCUT2D eigenvalue weighted by Gasteiger charge is 2.43. The third-order valence-corrected chi connectivity index (χ3v) is 3.94. The molecule has 0 amide bonds. The number of carboxylic acid groups (broad SMARTS) is 1. The lowest BCUT2D eigenvalue weighted by Gasteiger charge is -2.26. The molecule has 3 heteroatoms. The van der Waals surface area contributed by atoms with Crippen molar-refractivity contribution in [2.75, 3.05) is 0 Å². The molecule has 0 aliphatic heterocycles. The highest BCUT2D eigenvalue weighted by molar-refractivity contribution is 5.72. The first-order valence-corrected chi connectivity index (χ1v) is 5.79. The molecule has 3 rings (SSSR count). The van der Waals surface area contributed by atoms with E-state index in [1.165, 1.54) is 0 Å². The van der Waals surface area contributed by atoms with Gasteiger partial charge in [-0.3, -0.25) is 0 Å². The fraction of sp³-hybridized carbons (Fsp3) is 0.462. The molecule has 4 atom stereocenters. The van der Waals surface area contributed by atoms with Crippen LogP contribution in [0.3, 0.4) is 0 Å². The van der Waals surface area contributed by atoms with Crippen LogP contribution in [-0.4, -0.2) is 15.6 Å². The molecule has 2 bridgehead atoms. The first-order valence-electron chi connectivity index (χ1n) is 5.79. The highest BCUT2D eigenvalue weighted by atomic mass is 16.4. The van der Waals surface area contributed by atoms with Gasteiger partial charge in [0, 0.05) is 12.4 Å². The van der Waals surface area contributed by atoms with E-state index in [-0.39, 0.29) is 5.92 Å². The predicted octanol–water partition coefficient (Wildman–Crippen LogP) is 2.33. The Kier molecular flexibility index (Phi) is 2.13. The molecule has 1 heterocycles. The van der Waals surface area contributed by atoms with Crippen molar-refractivity contribution in [2.24, 2.45) is 17.8 Å². The van der Waals surface area contributed by atoms with E-state index in [9.17, 15) is 9.90 Å². The maximum absolute atomic E-state index is 11.4. The Hall–Kier alpha value is -1.51. The molecule has 4 unspecified atom stereocenters. The number of rotatable bonds is 3. The monoisotopic (exact) mass is 217 g/mol. The van der Waals surface area contributed by atoms with Crippen LogP contribution < -0.4 is 0 Å². The summed E-state index contributed by atoms with van der Waals surface area (Å²) in [6.07, 6.45) is 10.3. The Bertz CT molecular complexity index is 421. The largest absolute Gasteiger partial charge is 0.480 e. The van der Waals surface area contributed by atoms with Crippen LogP contribution in [0, 0.1) is 17.8 Å². The normalized spacial score (nSPS) is 33.1. The second-order valence-electron chi connectivity index (χ2n) is 4.86. The number of nitrogens with zero attached hydrogens (tertiary/aromatic N) is 1. The molecule has 1 N–H and O–H groups in total. The molecular formula is C13H15NO2. The summed E-state index contributed by atoms with van der Waals surface area (Å²) >= 11 is 0. The van der Waals surface area contributed by atoms with Crippen LogP contribution in [0.5, 0.6) is 0 Å². The van der Waals surface area contributed by atoms with Crippen molar-refractivity contribution in [3.8, 4) is 0 Å². The van der Waals surface area contributed by atoms with Crippen LogP contribution >= 0.6 is 0 Å². The number of hydrogen-bond acceptors (Lipinski definition) is 1. The molecule has 84 valence electrons. The van der Waals surface area contributed by atoms with Gasteiger partial charge >= 0.3 is 5.97 Å². The quantitative estimate of drug-likeness (QED) is 0.789. The van der Waals surface area contributed by atoms with Gasteiger partial charge in [0.2, 0.25) is 0 Å². The Morgan fingerprint density at radius 1 is 1.25 bits per heavy atom. The van der Waals surface area contributed by atoms with Gasteiger partial charge in [-0.15, -0.1) is 0 Å². The molecule has 0 spiro atoms. The Morgan fingerprint density at radius 3 is 2.50 bits per heavy atom. The number of carbonyl (C=O) groups is 1. The zero-order chi connectivity index (χ0) is 11.1. The van der Waals surface area contributed by atoms with Gasteiger partial charge in [-0.1, -0.05) is 12.2 Å². The summed E-state index contributed by atoms with van der Waals surface area (Å²) in [4.78, 5) is 11.4. The average molecular weight is 217 g/mol. The fourth-order valence-electron chi connectivity index (χ4n) is 3.25. The van der Waals surface area contributed by atoms with Crippen molar-refractivity contribution < 1.29 is 9.90 Å². The topological polar surface area (TPSA) is 42.2 Å². The number of aromatic nitrogens is 1. The molecule has 0 aromatic carbocycles. The smallest absolute Gasteiger partial charge is 0.326 e. The lowest BCUT2D eigenvalue weighted by atomic mass is 9.86. The number of fused-ring (bicyclic) bond motifs is 2. The van der Waals surface area contributed by atoms with E-state index in [0.717, 1.165) is 12.8 Å². The van der Waals surface area contributed by atoms with Gasteiger partial charge < -0.3 is 9.67 Å². The van der Waals surface area contributed by atoms with Gasteiger partial charge in [0.05, 0.1) is 0 Å². The number of hydrogen-bond donors (Lipinski definition) is 1. The molecule has 1 saturated carbocycles. The fourth-order valence-corrected chi connectivity index (χ4v) is 3.25. The van der Waals surface area contributed by atoms with Gasteiger partial charge in [-0.2, -0.15) is 0 Å². The standard InChI is InChI=1S/C13H15NO2/c15-13(16)12(14-5-1-2-6-14)11-8-9-3-4-10(11)7-9/h1-6,9-12H,7-8H2,(H,15,16). The lowest BCUT2D eigenvalue weighted by Crippen LogP contribution is -2.28. The van der Waals surface area contributed by atoms with Gasteiger partial charge in [-0.05, 0) is 42.7 Å². The molecule has 1 aromatic rings. The van der Waals surface area contributed by atoms with Crippen molar-refractivity contribution in [1.82, 2.24) is 4.57 Å². The van der Waals surface area contributed by atoms with Gasteiger partial charge in [0.25, 0.3) is 0 Å². The van der Waals surface area contributed by atoms with Crippen LogP contribution in [-0.2, 0) is 4.79 Å². The number of allylic oxidation sites excluding steroid dienone is 2. The molecule has 1 fully saturated rings. The summed E-state index contributed by atoms with van der Waals surface area (Å²) in [5.74, 6) is 0.642. The molecule has 3 nitrogen and oxygen atoms in total. The van der Waals surface area contributed by atoms with Crippen molar-refractivity contribution in [3.05, 3.63) is 36.7 Å². The van der Waals surface area contributed by atoms with E-state index < -0.39 is 12.0 Å². The van der Waals surface area contributed by atoms with Crippen LogP contribution in [0.25, 0.3) is 0 Å². The van der Waals surface area contributed by atoms with E-state index in [0.29, 0.717) is 11.8 Å². The Labute approximate surface area is 94.4 Å². The van der Waals surface area contributed by atoms with Crippen molar-refractivity contribution in [1.29, 1.82) is 0 Å². The first-order chi connectivity index (χ1) is 7.75. The van der Waals surface area contributed by atoms with Gasteiger partial charge in [0.1, 0.15) is 6.04 Å². The van der Waals surface area contributed by atoms with Gasteiger partial charge in [-0.25, -0.2) is 4.79 Å². The first kappa shape index (κ1) is 9.70. The summed E-state index contributed by atoms with van der Waals surface area (Å²) in [7, 11) is 0. The van der Waals surface area contributed by atoms with Crippen molar-refractivity contribution in [2.45, 2.75) is 18.9 Å². The SMILES string of the molecule is O=C(O)C(C1CC2C=CC1C2)n1cccc1. The van der Waals surface area contributed by atoms with Crippen molar-refractivity contribution in [3.63, 3.8) is 0 Å². The zero-order valence-corrected chi connectivity index (χ0v) is 8.99. The molecule has 0 radical (unpaired) electrons. The summed E-state index contributed by atoms with van der Waals surface area (Å²) in [6.45, 7) is 0. The maximum atomic E-state index is 11.4. The molecule has 0 saturated heterocycles. The summed E-state index contributed by atoms with van der Waals surface area (Å²) in [6, 6.07) is 3.38. The third-order valence-electron chi connectivity index (χ3n) is 3.94. The van der Waals surface area contributed by atoms with Crippen LogP contribution in [0.4, 0.5) is 0 Å². The minimum absolute atomic E-state index is 0.264. The molecule has 2 aliphatic carbocycles. The van der Waals surface area contributed by atoms with E-state index in [4.69, 9.17) is 0 Å². The molecule has 16 heavy (non-hydrogen) atoms. The third kappa shape index (κ3) is 1.39. The van der Waals surface area contributed by atoms with Crippen LogP contribution in [0.1, 0.15) is 18.9 Å². The lowest BCUT2D eigenvalue weighted by molar-refractivity contribution is -0.143. The van der Waals surface area contributed by atoms with Crippen molar-refractivity contribution >= 4 is 5.97 Å². The molecule has 2 aliphatic rings. The maximum Gasteiger partial charge on any atom is 0.326 e. The van der Waals surface area contributed by atoms with E-state index >= 15 is 0 Å². The molecular weight excluding hydrogens is 202 g/mol. The summed E-state index contributed by atoms with van der Waals surface area (Å²) < 4.78 is 1.83. The predicted molar refractivity (Wildman–Crippen MR) is 59.9 cm³/mol. The second-order valence-corrected chi connectivity index (χ2v) is 4.86. The minimum atomic E-state index is -0.706. The minimum Gasteiger partial charge on any atom is -0.480 e. The van der Waals surface area contributed by atoms with E-state index in [2.05, 4.69) is 12.2 Å². The second kappa shape index (κ2) is 3.51. The highest BCUT2D eigenvalue weighted by Crippen LogP contribution is 2.48. The average Bonchev–Trinajstić information content (AvgIpc) is 2.91. The van der Waals surface area contributed by atoms with Crippen LogP contribution in [0.15, 0.2) is 36.7 Å². The molecule has 1 aromatic heterocycles. The number of carboxylic acids is 1. The number of aliphatic carboxylic acids is 1. The Morgan fingerprint density at radius 2 is 2.00 bits per heavy atom. The zero-order valence-electron chi connectivity index (χ0n) is 8.99. The summed E-state index contributed by atoms with van der Waals surface area (Å²) in [5, 5.41) is 9.39. The summed E-state index contributed by atoms with van der Waals surface area (Å²) in [5.41, 5.74) is 0.